The van der Waals surface area contributed by atoms with E-state index in [1.807, 2.05) is 0 Å². The Hall–Kier alpha value is -1.12. The molecule has 1 saturated heterocycles. The maximum absolute atomic E-state index is 12.3. The van der Waals surface area contributed by atoms with Gasteiger partial charge in [0.15, 0.2) is 0 Å². The number of amides is 1. The van der Waals surface area contributed by atoms with Crippen molar-refractivity contribution < 1.29 is 9.90 Å². The average molecular weight is 333 g/mol. The van der Waals surface area contributed by atoms with Gasteiger partial charge in [-0.3, -0.25) is 4.79 Å². The molecule has 1 aliphatic heterocycles. The Labute approximate surface area is 145 Å². The molecule has 2 aliphatic carbocycles. The Kier molecular flexibility index (Phi) is 5.46. The van der Waals surface area contributed by atoms with Gasteiger partial charge in [-0.1, -0.05) is 19.8 Å². The van der Waals surface area contributed by atoms with Crippen LogP contribution in [-0.4, -0.2) is 46.7 Å². The van der Waals surface area contributed by atoms with Gasteiger partial charge >= 0.3 is 0 Å². The van der Waals surface area contributed by atoms with Gasteiger partial charge in [0, 0.05) is 12.6 Å². The van der Waals surface area contributed by atoms with E-state index >= 15 is 0 Å². The molecule has 0 aromatic rings. The minimum absolute atomic E-state index is 0.0653. The number of carbonyl (C=O) groups is 1. The van der Waals surface area contributed by atoms with Crippen molar-refractivity contribution in [2.24, 2.45) is 11.8 Å². The highest BCUT2D eigenvalue weighted by atomic mass is 16.3. The fraction of sp³-hybridized carbons (Fsp3) is 0.895. The summed E-state index contributed by atoms with van der Waals surface area (Å²) in [5.41, 5.74) is -0.429. The van der Waals surface area contributed by atoms with Crippen LogP contribution in [0.25, 0.3) is 0 Å². The van der Waals surface area contributed by atoms with Crippen molar-refractivity contribution in [1.29, 1.82) is 5.26 Å². The number of hydrogen-bond acceptors (Lipinski definition) is 4. The molecule has 1 heterocycles. The molecule has 0 aromatic carbocycles. The van der Waals surface area contributed by atoms with Crippen molar-refractivity contribution in [3.8, 4) is 6.07 Å². The van der Waals surface area contributed by atoms with Crippen molar-refractivity contribution >= 4 is 5.91 Å². The summed E-state index contributed by atoms with van der Waals surface area (Å²) < 4.78 is 0. The van der Waals surface area contributed by atoms with Crippen LogP contribution in [0.5, 0.6) is 0 Å². The lowest BCUT2D eigenvalue weighted by Gasteiger charge is -2.25. The van der Waals surface area contributed by atoms with Gasteiger partial charge in [0.25, 0.3) is 0 Å². The molecule has 0 aromatic heterocycles. The molecule has 24 heavy (non-hydrogen) atoms. The minimum atomic E-state index is -0.429. The van der Waals surface area contributed by atoms with Gasteiger partial charge in [-0.25, -0.2) is 0 Å². The highest BCUT2D eigenvalue weighted by Crippen LogP contribution is 2.50. The second kappa shape index (κ2) is 7.41. The molecule has 0 spiro atoms. The van der Waals surface area contributed by atoms with E-state index in [1.54, 1.807) is 4.90 Å². The number of nitrogens with zero attached hydrogens (tertiary/aromatic N) is 2. The third-order valence-electron chi connectivity index (χ3n) is 6.39. The van der Waals surface area contributed by atoms with E-state index in [9.17, 15) is 9.90 Å². The fourth-order valence-electron chi connectivity index (χ4n) is 5.18. The van der Waals surface area contributed by atoms with Gasteiger partial charge in [0.2, 0.25) is 5.91 Å². The van der Waals surface area contributed by atoms with Crippen LogP contribution in [0.3, 0.4) is 0 Å². The topological polar surface area (TPSA) is 76.4 Å². The fourth-order valence-corrected chi connectivity index (χ4v) is 5.18. The maximum Gasteiger partial charge on any atom is 0.237 e. The van der Waals surface area contributed by atoms with E-state index in [2.05, 4.69) is 18.3 Å². The Morgan fingerprint density at radius 1 is 1.38 bits per heavy atom. The van der Waals surface area contributed by atoms with Gasteiger partial charge in [0.05, 0.1) is 18.2 Å². The molecule has 2 unspecified atom stereocenters. The van der Waals surface area contributed by atoms with E-state index in [0.717, 1.165) is 64.3 Å². The van der Waals surface area contributed by atoms with Crippen molar-refractivity contribution in [2.75, 3.05) is 13.1 Å². The molecule has 5 atom stereocenters. The number of carbonyl (C=O) groups excluding carboxylic acids is 1. The summed E-state index contributed by atoms with van der Waals surface area (Å²) in [6, 6.07) is 2.40. The van der Waals surface area contributed by atoms with Crippen LogP contribution in [0.15, 0.2) is 0 Å². The predicted molar refractivity (Wildman–Crippen MR) is 92.1 cm³/mol. The van der Waals surface area contributed by atoms with Gasteiger partial charge in [-0.2, -0.15) is 5.26 Å². The largest absolute Gasteiger partial charge is 0.390 e. The molecule has 3 rings (SSSR count). The number of fused-ring (bicyclic) bond motifs is 1. The number of nitriles is 1. The lowest BCUT2D eigenvalue weighted by molar-refractivity contribution is -0.130. The van der Waals surface area contributed by atoms with Crippen LogP contribution in [0.1, 0.15) is 64.7 Å². The Morgan fingerprint density at radius 2 is 2.08 bits per heavy atom. The van der Waals surface area contributed by atoms with Crippen LogP contribution in [0.4, 0.5) is 0 Å². The molecule has 1 amide bonds. The first-order valence-corrected chi connectivity index (χ1v) is 9.69. The van der Waals surface area contributed by atoms with E-state index in [4.69, 9.17) is 5.26 Å². The van der Waals surface area contributed by atoms with Crippen LogP contribution in [0, 0.1) is 23.2 Å². The highest BCUT2D eigenvalue weighted by molar-refractivity contribution is 5.79. The van der Waals surface area contributed by atoms with E-state index in [-0.39, 0.29) is 11.9 Å². The number of rotatable bonds is 6. The van der Waals surface area contributed by atoms with E-state index in [1.165, 1.54) is 0 Å². The highest BCUT2D eigenvalue weighted by Gasteiger charge is 2.48. The van der Waals surface area contributed by atoms with Crippen molar-refractivity contribution in [2.45, 2.75) is 82.4 Å². The molecule has 134 valence electrons. The third-order valence-corrected chi connectivity index (χ3v) is 6.39. The zero-order valence-electron chi connectivity index (χ0n) is 14.8. The monoisotopic (exact) mass is 333 g/mol. The second-order valence-electron chi connectivity index (χ2n) is 8.18. The zero-order valence-corrected chi connectivity index (χ0v) is 14.8. The van der Waals surface area contributed by atoms with E-state index in [0.29, 0.717) is 24.4 Å². The summed E-state index contributed by atoms with van der Waals surface area (Å²) in [5.74, 6) is 1.28. The summed E-state index contributed by atoms with van der Waals surface area (Å²) in [7, 11) is 0. The number of nitrogens with one attached hydrogen (secondary N) is 1. The second-order valence-corrected chi connectivity index (χ2v) is 8.18. The number of likely N-dealkylation sites (tertiary alicyclic amines) is 1. The molecule has 3 aliphatic rings. The number of aliphatic hydroxyl groups is 1. The lowest BCUT2D eigenvalue weighted by atomic mass is 9.91. The molecule has 0 bridgehead atoms. The Balaban J connectivity index is 1.42. The Morgan fingerprint density at radius 3 is 2.71 bits per heavy atom. The quantitative estimate of drug-likeness (QED) is 0.781. The molecule has 5 nitrogen and oxygen atoms in total. The van der Waals surface area contributed by atoms with Crippen molar-refractivity contribution in [3.63, 3.8) is 0 Å². The Bertz CT molecular complexity index is 487. The first-order chi connectivity index (χ1) is 11.5. The normalized spacial score (nSPS) is 38.3. The van der Waals surface area contributed by atoms with Crippen LogP contribution in [-0.2, 0) is 4.79 Å². The molecule has 2 saturated carbocycles. The van der Waals surface area contributed by atoms with E-state index < -0.39 is 5.60 Å². The van der Waals surface area contributed by atoms with Gasteiger partial charge in [-0.05, 0) is 56.8 Å². The SMILES string of the molecule is CCCCC1(O)C[C@H]2CC(NCC(=O)N3CCC[C@H]3C#N)C[C@H]2C1. The smallest absolute Gasteiger partial charge is 0.237 e. The molecule has 5 heteroatoms. The first-order valence-electron chi connectivity index (χ1n) is 9.69. The summed E-state index contributed by atoms with van der Waals surface area (Å²) >= 11 is 0. The van der Waals surface area contributed by atoms with Crippen LogP contribution >= 0.6 is 0 Å². The third kappa shape index (κ3) is 3.75. The standard InChI is InChI=1S/C19H31N3O2/c1-2-3-6-19(24)10-14-8-16(9-15(14)11-19)21-13-18(23)22-7-4-5-17(22)12-20/h14-17,21,24H,2-11,13H2,1H3/t14-,15+,16?,17-,19?/m0/s1. The number of hydrogen-bond donors (Lipinski definition) is 2. The van der Waals surface area contributed by atoms with Crippen LogP contribution in [0.2, 0.25) is 0 Å². The summed E-state index contributed by atoms with van der Waals surface area (Å²) in [6.07, 6.45) is 8.98. The molecule has 3 fully saturated rings. The summed E-state index contributed by atoms with van der Waals surface area (Å²) in [6.45, 7) is 3.24. The zero-order chi connectivity index (χ0) is 17.2. The van der Waals surface area contributed by atoms with Gasteiger partial charge < -0.3 is 15.3 Å². The number of unbranched alkanes of at least 4 members (excludes halogenated alkanes) is 1. The minimum Gasteiger partial charge on any atom is -0.390 e. The predicted octanol–water partition coefficient (Wildman–Crippen LogP) is 2.20. The van der Waals surface area contributed by atoms with Crippen molar-refractivity contribution in [3.05, 3.63) is 0 Å². The summed E-state index contributed by atoms with van der Waals surface area (Å²) in [4.78, 5) is 14.0. The van der Waals surface area contributed by atoms with Gasteiger partial charge in [-0.15, -0.1) is 0 Å². The molecular formula is C19H31N3O2. The first kappa shape index (κ1) is 17.7. The molecule has 0 radical (unpaired) electrons. The summed E-state index contributed by atoms with van der Waals surface area (Å²) in [5, 5.41) is 23.2. The molecule has 2 N–H and O–H groups in total. The van der Waals surface area contributed by atoms with Crippen molar-refractivity contribution in [1.82, 2.24) is 10.2 Å². The maximum atomic E-state index is 12.3. The average Bonchev–Trinajstić information content (AvgIpc) is 3.23. The molecular weight excluding hydrogens is 302 g/mol. The van der Waals surface area contributed by atoms with Crippen LogP contribution < -0.4 is 5.32 Å². The lowest BCUT2D eigenvalue weighted by Crippen LogP contribution is -2.43. The van der Waals surface area contributed by atoms with Gasteiger partial charge in [0.1, 0.15) is 6.04 Å².